The number of rotatable bonds is 7. The average Bonchev–Trinajstić information content (AvgIpc) is 3.69. The molecular weight excluding hydrogens is 582 g/mol. The van der Waals surface area contributed by atoms with E-state index in [2.05, 4.69) is 10.1 Å². The number of sulfonamides is 1. The average molecular weight is 618 g/mol. The molecule has 2 aliphatic heterocycles. The van der Waals surface area contributed by atoms with Gasteiger partial charge in [-0.25, -0.2) is 18.2 Å². The molecule has 2 aliphatic rings. The zero-order valence-corrected chi connectivity index (χ0v) is 25.3. The zero-order chi connectivity index (χ0) is 30.8. The first-order chi connectivity index (χ1) is 21.2. The minimum atomic E-state index is -3.75. The molecule has 2 atom stereocenters. The van der Waals surface area contributed by atoms with Gasteiger partial charge in [-0.15, -0.1) is 0 Å². The highest BCUT2D eigenvalue weighted by Crippen LogP contribution is 2.33. The fourth-order valence-corrected chi connectivity index (χ4v) is 7.72. The van der Waals surface area contributed by atoms with Gasteiger partial charge in [0.1, 0.15) is 4.90 Å². The van der Waals surface area contributed by atoms with Gasteiger partial charge in [-0.2, -0.15) is 9.40 Å². The van der Waals surface area contributed by atoms with Crippen molar-refractivity contribution in [3.8, 4) is 11.3 Å². The molecule has 0 saturated carbocycles. The third-order valence-electron chi connectivity index (χ3n) is 8.44. The molecule has 0 radical (unpaired) electrons. The summed E-state index contributed by atoms with van der Waals surface area (Å²) in [6.07, 6.45) is 5.36. The van der Waals surface area contributed by atoms with E-state index < -0.39 is 16.1 Å². The Bertz CT molecular complexity index is 1740. The van der Waals surface area contributed by atoms with Gasteiger partial charge in [0.25, 0.3) is 5.91 Å². The molecule has 0 bridgehead atoms. The van der Waals surface area contributed by atoms with Gasteiger partial charge in [-0.3, -0.25) is 9.48 Å². The molecule has 2 fully saturated rings. The Morgan fingerprint density at radius 2 is 1.70 bits per heavy atom. The summed E-state index contributed by atoms with van der Waals surface area (Å²) in [6, 6.07) is 18.6. The lowest BCUT2D eigenvalue weighted by Crippen LogP contribution is -2.57. The smallest absolute Gasteiger partial charge is 0.407 e. The maximum atomic E-state index is 14.3. The van der Waals surface area contributed by atoms with Crippen molar-refractivity contribution in [3.05, 3.63) is 90.6 Å². The summed E-state index contributed by atoms with van der Waals surface area (Å²) < 4.78 is 31.8. The van der Waals surface area contributed by atoms with Crippen molar-refractivity contribution in [2.24, 2.45) is 7.05 Å². The summed E-state index contributed by atoms with van der Waals surface area (Å²) in [6.45, 7) is 1.27. The molecule has 2 aromatic heterocycles. The number of aromatic nitrogens is 4. The molecule has 1 unspecified atom stereocenters. The normalized spacial score (nSPS) is 19.7. The lowest BCUT2D eigenvalue weighted by atomic mass is 10.0. The lowest BCUT2D eigenvalue weighted by molar-refractivity contribution is 0.0447. The van der Waals surface area contributed by atoms with Gasteiger partial charge in [-0.05, 0) is 24.8 Å². The monoisotopic (exact) mass is 617 g/mol. The molecular formula is C31H35N7O5S. The number of piperidine rings is 1. The molecule has 12 nitrogen and oxygen atoms in total. The Morgan fingerprint density at radius 1 is 0.977 bits per heavy atom. The summed E-state index contributed by atoms with van der Waals surface area (Å²) in [4.78, 5) is 34.1. The second-order valence-electron chi connectivity index (χ2n) is 11.3. The van der Waals surface area contributed by atoms with Crippen LogP contribution in [0.1, 0.15) is 34.9 Å². The van der Waals surface area contributed by atoms with E-state index in [1.165, 1.54) is 26.3 Å². The van der Waals surface area contributed by atoms with Crippen LogP contribution in [0.15, 0.2) is 84.3 Å². The number of aryl methyl sites for hydroxylation is 1. The Kier molecular flexibility index (Phi) is 8.23. The first-order valence-electron chi connectivity index (χ1n) is 14.7. The van der Waals surface area contributed by atoms with E-state index in [1.54, 1.807) is 18.3 Å². The Morgan fingerprint density at radius 3 is 2.39 bits per heavy atom. The predicted octanol–water partition coefficient (Wildman–Crippen LogP) is 3.36. The third kappa shape index (κ3) is 5.84. The van der Waals surface area contributed by atoms with Crippen molar-refractivity contribution in [1.29, 1.82) is 0 Å². The largest absolute Gasteiger partial charge is 0.465 e. The first kappa shape index (κ1) is 29.6. The van der Waals surface area contributed by atoms with Crippen LogP contribution in [0.5, 0.6) is 0 Å². The van der Waals surface area contributed by atoms with Crippen molar-refractivity contribution < 1.29 is 23.1 Å². The molecule has 2 amide bonds. The number of amides is 2. The fourth-order valence-electron chi connectivity index (χ4n) is 6.22. The highest BCUT2D eigenvalue weighted by molar-refractivity contribution is 7.89. The highest BCUT2D eigenvalue weighted by atomic mass is 32.2. The van der Waals surface area contributed by atoms with Gasteiger partial charge in [0.05, 0.1) is 24.3 Å². The molecule has 2 saturated heterocycles. The van der Waals surface area contributed by atoms with Crippen LogP contribution in [0.25, 0.3) is 11.3 Å². The van der Waals surface area contributed by atoms with E-state index in [9.17, 15) is 23.1 Å². The van der Waals surface area contributed by atoms with Crippen LogP contribution in [0.3, 0.4) is 0 Å². The van der Waals surface area contributed by atoms with Crippen LogP contribution in [-0.2, 0) is 23.5 Å². The number of hydrogen-bond donors (Lipinski definition) is 1. The topological polar surface area (TPSA) is 134 Å². The number of carbonyl (C=O) groups excluding carboxylic acids is 1. The number of carbonyl (C=O) groups is 2. The predicted molar refractivity (Wildman–Crippen MR) is 162 cm³/mol. The van der Waals surface area contributed by atoms with Gasteiger partial charge in [0, 0.05) is 57.6 Å². The van der Waals surface area contributed by atoms with E-state index >= 15 is 0 Å². The maximum absolute atomic E-state index is 14.3. The number of imidazole rings is 1. The summed E-state index contributed by atoms with van der Waals surface area (Å²) in [5, 5.41) is 13.8. The molecule has 0 aliphatic carbocycles. The summed E-state index contributed by atoms with van der Waals surface area (Å²) >= 11 is 0. The molecule has 4 heterocycles. The number of benzene rings is 2. The van der Waals surface area contributed by atoms with Crippen molar-refractivity contribution in [1.82, 2.24) is 33.4 Å². The third-order valence-corrected chi connectivity index (χ3v) is 10.3. The minimum Gasteiger partial charge on any atom is -0.465 e. The molecule has 6 rings (SSSR count). The van der Waals surface area contributed by atoms with Crippen molar-refractivity contribution in [3.63, 3.8) is 0 Å². The Labute approximate surface area is 256 Å². The number of nitrogens with zero attached hydrogens (tertiary/aromatic N) is 7. The lowest BCUT2D eigenvalue weighted by Gasteiger charge is -2.40. The summed E-state index contributed by atoms with van der Waals surface area (Å²) in [5.74, 6) is -0.274. The molecule has 44 heavy (non-hydrogen) atoms. The Balaban J connectivity index is 1.34. The highest BCUT2D eigenvalue weighted by Gasteiger charge is 2.37. The van der Waals surface area contributed by atoms with Crippen LogP contribution >= 0.6 is 0 Å². The minimum absolute atomic E-state index is 0.149. The van der Waals surface area contributed by atoms with E-state index in [4.69, 9.17) is 0 Å². The molecule has 4 aromatic rings. The molecule has 2 aromatic carbocycles. The van der Waals surface area contributed by atoms with E-state index in [1.807, 2.05) is 65.2 Å². The van der Waals surface area contributed by atoms with Crippen LogP contribution in [-0.4, -0.2) is 97.7 Å². The number of piperazine rings is 1. The van der Waals surface area contributed by atoms with Crippen LogP contribution < -0.4 is 0 Å². The second kappa shape index (κ2) is 12.2. The van der Waals surface area contributed by atoms with Gasteiger partial charge in [-0.1, -0.05) is 60.7 Å². The van der Waals surface area contributed by atoms with Crippen molar-refractivity contribution >= 4 is 22.0 Å². The second-order valence-corrected chi connectivity index (χ2v) is 13.2. The van der Waals surface area contributed by atoms with Gasteiger partial charge < -0.3 is 19.5 Å². The number of carboxylic acid groups (broad SMARTS) is 1. The quantitative estimate of drug-likeness (QED) is 0.336. The maximum Gasteiger partial charge on any atom is 0.407 e. The van der Waals surface area contributed by atoms with Crippen LogP contribution in [0.2, 0.25) is 0 Å². The fraction of sp³-hybridized carbons (Fsp3) is 0.355. The Hall–Kier alpha value is -4.49. The van der Waals surface area contributed by atoms with Crippen LogP contribution in [0, 0.1) is 0 Å². The van der Waals surface area contributed by atoms with Gasteiger partial charge >= 0.3 is 6.09 Å². The first-order valence-corrected chi connectivity index (χ1v) is 16.1. The van der Waals surface area contributed by atoms with Crippen molar-refractivity contribution in [2.45, 2.75) is 36.2 Å². The zero-order valence-electron chi connectivity index (χ0n) is 24.4. The van der Waals surface area contributed by atoms with Gasteiger partial charge in [0.2, 0.25) is 10.0 Å². The van der Waals surface area contributed by atoms with E-state index in [-0.39, 0.29) is 54.8 Å². The van der Waals surface area contributed by atoms with Crippen LogP contribution in [0.4, 0.5) is 4.79 Å². The van der Waals surface area contributed by atoms with E-state index in [0.717, 1.165) is 17.5 Å². The number of hydrogen-bond acceptors (Lipinski definition) is 6. The molecule has 13 heteroatoms. The molecule has 1 N–H and O–H groups in total. The summed E-state index contributed by atoms with van der Waals surface area (Å²) in [5.41, 5.74) is 2.70. The van der Waals surface area contributed by atoms with Gasteiger partial charge in [0.15, 0.2) is 5.69 Å². The molecule has 0 spiro atoms. The standard InChI is InChI=1S/C31H35N7O5S/c1-34-21-27(18-33-34)44(42,43)36-14-8-13-25(20-36)38-22-32-28(29(38)24-11-6-3-7-12-24)30(39)37-16-15-35(31(40)41)19-26(37)17-23-9-4-2-5-10-23/h2-7,9-12,18,21-22,25-26H,8,13-17,19-20H2,1H3,(H,40,41)/t25?,26-/m1/s1. The van der Waals surface area contributed by atoms with E-state index in [0.29, 0.717) is 25.1 Å². The SMILES string of the molecule is Cn1cc(S(=O)(=O)N2CCCC(n3cnc(C(=O)N4CCN(C(=O)O)C[C@H]4Cc4ccccc4)c3-c3ccccc3)C2)cn1. The molecule has 230 valence electrons. The summed E-state index contributed by atoms with van der Waals surface area (Å²) in [7, 11) is -2.07. The van der Waals surface area contributed by atoms with Crippen molar-refractivity contribution in [2.75, 3.05) is 32.7 Å².